The van der Waals surface area contributed by atoms with Gasteiger partial charge in [-0.05, 0) is 48.9 Å². The van der Waals surface area contributed by atoms with Gasteiger partial charge in [0.2, 0.25) is 0 Å². The number of halogens is 1. The molecule has 1 heterocycles. The van der Waals surface area contributed by atoms with Crippen LogP contribution in [-0.2, 0) is 4.79 Å². The Balaban J connectivity index is 1.54. The number of aryl methyl sites for hydroxylation is 1. The Labute approximate surface area is 159 Å². The van der Waals surface area contributed by atoms with Gasteiger partial charge >= 0.3 is 0 Å². The second-order valence-corrected chi connectivity index (χ2v) is 6.72. The van der Waals surface area contributed by atoms with Crippen LogP contribution in [0.25, 0.3) is 0 Å². The first-order chi connectivity index (χ1) is 12.6. The highest BCUT2D eigenvalue weighted by atomic mass is 35.5. The lowest BCUT2D eigenvalue weighted by Gasteiger charge is -2.36. The van der Waals surface area contributed by atoms with Gasteiger partial charge in [-0.25, -0.2) is 0 Å². The first-order valence-electron chi connectivity index (χ1n) is 8.62. The van der Waals surface area contributed by atoms with Crippen molar-refractivity contribution in [2.75, 3.05) is 44.8 Å². The highest BCUT2D eigenvalue weighted by Crippen LogP contribution is 2.30. The fourth-order valence-corrected chi connectivity index (χ4v) is 3.14. The second kappa shape index (κ2) is 8.32. The number of methoxy groups -OCH3 is 1. The number of nitrogens with zero attached hydrogens (tertiary/aromatic N) is 2. The van der Waals surface area contributed by atoms with Crippen molar-refractivity contribution in [2.45, 2.75) is 6.92 Å². The fourth-order valence-electron chi connectivity index (χ4n) is 3.01. The van der Waals surface area contributed by atoms with Crippen molar-refractivity contribution >= 4 is 23.2 Å². The van der Waals surface area contributed by atoms with Crippen LogP contribution in [0, 0.1) is 6.92 Å². The zero-order chi connectivity index (χ0) is 18.5. The van der Waals surface area contributed by atoms with E-state index in [1.807, 2.05) is 17.0 Å². The van der Waals surface area contributed by atoms with Crippen molar-refractivity contribution in [3.8, 4) is 11.5 Å². The van der Waals surface area contributed by atoms with Crippen LogP contribution < -0.4 is 14.4 Å². The Morgan fingerprint density at radius 3 is 2.42 bits per heavy atom. The standard InChI is InChI=1S/C20H23ClN2O3/c1-15-3-8-19(25-2)18(13-15)22-9-11-23(12-10-22)20(24)14-26-17-6-4-16(21)5-7-17/h3-8,13H,9-12,14H2,1-2H3. The first kappa shape index (κ1) is 18.4. The average molecular weight is 375 g/mol. The third-order valence-electron chi connectivity index (χ3n) is 4.48. The van der Waals surface area contributed by atoms with Gasteiger partial charge in [-0.3, -0.25) is 4.79 Å². The maximum absolute atomic E-state index is 12.4. The zero-order valence-electron chi connectivity index (χ0n) is 15.1. The van der Waals surface area contributed by atoms with Gasteiger partial charge in [-0.2, -0.15) is 0 Å². The van der Waals surface area contributed by atoms with Crippen molar-refractivity contribution in [3.05, 3.63) is 53.1 Å². The molecule has 0 radical (unpaired) electrons. The lowest BCUT2D eigenvalue weighted by atomic mass is 10.1. The number of rotatable bonds is 5. The number of carbonyl (C=O) groups is 1. The van der Waals surface area contributed by atoms with Crippen molar-refractivity contribution in [1.82, 2.24) is 4.90 Å². The maximum Gasteiger partial charge on any atom is 0.260 e. The predicted octanol–water partition coefficient (Wildman–Crippen LogP) is 3.38. The van der Waals surface area contributed by atoms with E-state index in [-0.39, 0.29) is 12.5 Å². The minimum atomic E-state index is -0.00388. The van der Waals surface area contributed by atoms with Crippen LogP contribution in [0.5, 0.6) is 11.5 Å². The van der Waals surface area contributed by atoms with Crippen LogP contribution in [0.2, 0.25) is 5.02 Å². The summed E-state index contributed by atoms with van der Waals surface area (Å²) in [7, 11) is 1.68. The van der Waals surface area contributed by atoms with Crippen molar-refractivity contribution < 1.29 is 14.3 Å². The summed E-state index contributed by atoms with van der Waals surface area (Å²) >= 11 is 5.85. The summed E-state index contributed by atoms with van der Waals surface area (Å²) in [6, 6.07) is 13.2. The first-order valence-corrected chi connectivity index (χ1v) is 9.00. The van der Waals surface area contributed by atoms with Gasteiger partial charge in [-0.15, -0.1) is 0 Å². The van der Waals surface area contributed by atoms with Crippen LogP contribution >= 0.6 is 11.6 Å². The Bertz CT molecular complexity index is 756. The van der Waals surface area contributed by atoms with Crippen LogP contribution in [0.1, 0.15) is 5.56 Å². The number of ether oxygens (including phenoxy) is 2. The number of anilines is 1. The molecule has 1 saturated heterocycles. The monoisotopic (exact) mass is 374 g/mol. The molecule has 1 aliphatic heterocycles. The molecule has 0 bridgehead atoms. The molecular formula is C20H23ClN2O3. The molecule has 1 fully saturated rings. The molecule has 3 rings (SSSR count). The van der Waals surface area contributed by atoms with Gasteiger partial charge in [0.25, 0.3) is 5.91 Å². The van der Waals surface area contributed by atoms with E-state index in [1.165, 1.54) is 5.56 Å². The van der Waals surface area contributed by atoms with E-state index in [9.17, 15) is 4.79 Å². The molecule has 0 unspecified atom stereocenters. The van der Waals surface area contributed by atoms with Gasteiger partial charge in [0, 0.05) is 31.2 Å². The molecule has 0 aliphatic carbocycles. The Morgan fingerprint density at radius 2 is 1.77 bits per heavy atom. The second-order valence-electron chi connectivity index (χ2n) is 6.29. The summed E-state index contributed by atoms with van der Waals surface area (Å²) in [6.07, 6.45) is 0. The third kappa shape index (κ3) is 4.41. The van der Waals surface area contributed by atoms with Gasteiger partial charge in [0.1, 0.15) is 11.5 Å². The van der Waals surface area contributed by atoms with E-state index in [0.29, 0.717) is 23.9 Å². The van der Waals surface area contributed by atoms with E-state index in [2.05, 4.69) is 17.9 Å². The van der Waals surface area contributed by atoms with Crippen LogP contribution in [-0.4, -0.2) is 50.7 Å². The van der Waals surface area contributed by atoms with E-state index >= 15 is 0 Å². The topological polar surface area (TPSA) is 42.0 Å². The molecule has 0 N–H and O–H groups in total. The molecule has 0 spiro atoms. The fraction of sp³-hybridized carbons (Fsp3) is 0.350. The molecule has 1 aliphatic rings. The number of piperazine rings is 1. The molecule has 6 heteroatoms. The van der Waals surface area contributed by atoms with E-state index in [4.69, 9.17) is 21.1 Å². The smallest absolute Gasteiger partial charge is 0.260 e. The lowest BCUT2D eigenvalue weighted by Crippen LogP contribution is -2.50. The number of hydrogen-bond donors (Lipinski definition) is 0. The largest absolute Gasteiger partial charge is 0.495 e. The summed E-state index contributed by atoms with van der Waals surface area (Å²) in [5, 5.41) is 0.645. The zero-order valence-corrected chi connectivity index (χ0v) is 15.8. The molecule has 2 aromatic rings. The minimum absolute atomic E-state index is 0.00388. The van der Waals surface area contributed by atoms with Gasteiger partial charge in [0.05, 0.1) is 12.8 Å². The molecule has 138 valence electrons. The SMILES string of the molecule is COc1ccc(C)cc1N1CCN(C(=O)COc2ccc(Cl)cc2)CC1. The molecular weight excluding hydrogens is 352 g/mol. The molecule has 26 heavy (non-hydrogen) atoms. The van der Waals surface area contributed by atoms with Gasteiger partial charge < -0.3 is 19.3 Å². The van der Waals surface area contributed by atoms with Crippen molar-refractivity contribution in [3.63, 3.8) is 0 Å². The lowest BCUT2D eigenvalue weighted by molar-refractivity contribution is -0.133. The highest BCUT2D eigenvalue weighted by molar-refractivity contribution is 6.30. The molecule has 2 aromatic carbocycles. The summed E-state index contributed by atoms with van der Waals surface area (Å²) in [4.78, 5) is 16.5. The normalized spacial score (nSPS) is 14.3. The van der Waals surface area contributed by atoms with Crippen molar-refractivity contribution in [1.29, 1.82) is 0 Å². The maximum atomic E-state index is 12.4. The van der Waals surface area contributed by atoms with Crippen LogP contribution in [0.4, 0.5) is 5.69 Å². The minimum Gasteiger partial charge on any atom is -0.495 e. The Kier molecular flexibility index (Phi) is 5.89. The molecule has 5 nitrogen and oxygen atoms in total. The highest BCUT2D eigenvalue weighted by Gasteiger charge is 2.23. The number of carbonyl (C=O) groups excluding carboxylic acids is 1. The van der Waals surface area contributed by atoms with Crippen LogP contribution in [0.15, 0.2) is 42.5 Å². The number of hydrogen-bond acceptors (Lipinski definition) is 4. The predicted molar refractivity (Wildman–Crippen MR) is 103 cm³/mol. The van der Waals surface area contributed by atoms with E-state index in [1.54, 1.807) is 31.4 Å². The Hall–Kier alpha value is -2.40. The summed E-state index contributed by atoms with van der Waals surface area (Å²) in [5.74, 6) is 1.50. The molecule has 1 amide bonds. The van der Waals surface area contributed by atoms with Crippen LogP contribution in [0.3, 0.4) is 0 Å². The number of benzene rings is 2. The van der Waals surface area contributed by atoms with E-state index in [0.717, 1.165) is 24.5 Å². The number of amides is 1. The third-order valence-corrected chi connectivity index (χ3v) is 4.74. The van der Waals surface area contributed by atoms with Gasteiger partial charge in [0.15, 0.2) is 6.61 Å². The summed E-state index contributed by atoms with van der Waals surface area (Å²) in [6.45, 7) is 4.98. The molecule has 0 atom stereocenters. The van der Waals surface area contributed by atoms with Crippen molar-refractivity contribution in [2.24, 2.45) is 0 Å². The summed E-state index contributed by atoms with van der Waals surface area (Å²) < 4.78 is 11.0. The molecule has 0 saturated carbocycles. The quantitative estimate of drug-likeness (QED) is 0.804. The Morgan fingerprint density at radius 1 is 1.08 bits per heavy atom. The van der Waals surface area contributed by atoms with E-state index < -0.39 is 0 Å². The average Bonchev–Trinajstić information content (AvgIpc) is 2.67. The molecule has 0 aromatic heterocycles. The van der Waals surface area contributed by atoms with Gasteiger partial charge in [-0.1, -0.05) is 17.7 Å². The summed E-state index contributed by atoms with van der Waals surface area (Å²) in [5.41, 5.74) is 2.27.